The maximum atomic E-state index is 11.6. The van der Waals surface area contributed by atoms with Crippen molar-refractivity contribution in [2.24, 2.45) is 5.92 Å². The SMILES string of the molecule is O=C(O)[C@@H]1CC[C@@](O)(Cc2ccccn2)C[C@H]1c1ccccc1. The van der Waals surface area contributed by atoms with Crippen LogP contribution in [0.1, 0.15) is 36.4 Å². The summed E-state index contributed by atoms with van der Waals surface area (Å²) in [5.41, 5.74) is 0.926. The highest BCUT2D eigenvalue weighted by atomic mass is 16.4. The van der Waals surface area contributed by atoms with E-state index < -0.39 is 17.5 Å². The van der Waals surface area contributed by atoms with Crippen molar-refractivity contribution in [3.63, 3.8) is 0 Å². The van der Waals surface area contributed by atoms with Crippen molar-refractivity contribution in [1.29, 1.82) is 0 Å². The van der Waals surface area contributed by atoms with Crippen LogP contribution in [0.3, 0.4) is 0 Å². The molecule has 1 fully saturated rings. The predicted octanol–water partition coefficient (Wildman–Crippen LogP) is 3.02. The molecule has 0 radical (unpaired) electrons. The van der Waals surface area contributed by atoms with Gasteiger partial charge in [0, 0.05) is 18.3 Å². The minimum atomic E-state index is -0.902. The van der Waals surface area contributed by atoms with Crippen molar-refractivity contribution < 1.29 is 15.0 Å². The zero-order valence-electron chi connectivity index (χ0n) is 12.9. The van der Waals surface area contributed by atoms with Crippen LogP contribution in [0.15, 0.2) is 54.7 Å². The summed E-state index contributed by atoms with van der Waals surface area (Å²) in [7, 11) is 0. The number of rotatable bonds is 4. The summed E-state index contributed by atoms with van der Waals surface area (Å²) in [6, 6.07) is 15.3. The van der Waals surface area contributed by atoms with Gasteiger partial charge in [-0.1, -0.05) is 36.4 Å². The first-order valence-corrected chi connectivity index (χ1v) is 7.97. The highest BCUT2D eigenvalue weighted by Crippen LogP contribution is 2.43. The lowest BCUT2D eigenvalue weighted by Crippen LogP contribution is -2.42. The van der Waals surface area contributed by atoms with Crippen LogP contribution in [-0.4, -0.2) is 26.8 Å². The Labute approximate surface area is 135 Å². The van der Waals surface area contributed by atoms with Gasteiger partial charge in [0.15, 0.2) is 0 Å². The quantitative estimate of drug-likeness (QED) is 0.910. The Morgan fingerprint density at radius 1 is 1.17 bits per heavy atom. The third-order valence-electron chi connectivity index (χ3n) is 4.79. The summed E-state index contributed by atoms with van der Waals surface area (Å²) < 4.78 is 0. The lowest BCUT2D eigenvalue weighted by Gasteiger charge is -2.40. The summed E-state index contributed by atoms with van der Waals surface area (Å²) in [5, 5.41) is 20.6. The van der Waals surface area contributed by atoms with Crippen molar-refractivity contribution in [1.82, 2.24) is 4.98 Å². The van der Waals surface area contributed by atoms with Crippen molar-refractivity contribution in [3.8, 4) is 0 Å². The fourth-order valence-electron chi connectivity index (χ4n) is 3.63. The zero-order valence-corrected chi connectivity index (χ0v) is 12.9. The largest absolute Gasteiger partial charge is 0.481 e. The van der Waals surface area contributed by atoms with Crippen LogP contribution in [0.25, 0.3) is 0 Å². The van der Waals surface area contributed by atoms with Crippen LogP contribution in [0.2, 0.25) is 0 Å². The molecule has 23 heavy (non-hydrogen) atoms. The van der Waals surface area contributed by atoms with Gasteiger partial charge in [0.05, 0.1) is 11.5 Å². The second-order valence-corrected chi connectivity index (χ2v) is 6.43. The van der Waals surface area contributed by atoms with Crippen molar-refractivity contribution in [2.45, 2.75) is 37.2 Å². The number of aliphatic carboxylic acids is 1. The highest BCUT2D eigenvalue weighted by Gasteiger charge is 2.43. The van der Waals surface area contributed by atoms with Crippen molar-refractivity contribution in [2.75, 3.05) is 0 Å². The monoisotopic (exact) mass is 311 g/mol. The van der Waals surface area contributed by atoms with Gasteiger partial charge in [-0.25, -0.2) is 0 Å². The van der Waals surface area contributed by atoms with E-state index in [1.807, 2.05) is 48.5 Å². The number of pyridine rings is 1. The number of carboxylic acids is 1. The summed E-state index contributed by atoms with van der Waals surface area (Å²) >= 11 is 0. The van der Waals surface area contributed by atoms with E-state index in [4.69, 9.17) is 0 Å². The first-order chi connectivity index (χ1) is 11.1. The Morgan fingerprint density at radius 2 is 1.91 bits per heavy atom. The molecule has 2 aromatic rings. The molecule has 1 aliphatic rings. The molecule has 0 bridgehead atoms. The van der Waals surface area contributed by atoms with E-state index in [0.29, 0.717) is 25.7 Å². The maximum Gasteiger partial charge on any atom is 0.307 e. The molecule has 4 heteroatoms. The molecule has 1 aromatic heterocycles. The molecule has 120 valence electrons. The number of carbonyl (C=O) groups is 1. The molecule has 0 spiro atoms. The molecule has 2 N–H and O–H groups in total. The molecule has 0 amide bonds. The van der Waals surface area contributed by atoms with Gasteiger partial charge < -0.3 is 10.2 Å². The topological polar surface area (TPSA) is 70.4 Å². The molecular formula is C19H21NO3. The van der Waals surface area contributed by atoms with Gasteiger partial charge in [-0.15, -0.1) is 0 Å². The second kappa shape index (κ2) is 6.50. The van der Waals surface area contributed by atoms with Gasteiger partial charge >= 0.3 is 5.97 Å². The molecule has 1 aromatic carbocycles. The first kappa shape index (κ1) is 15.7. The molecule has 4 nitrogen and oxygen atoms in total. The summed E-state index contributed by atoms with van der Waals surface area (Å²) in [5.74, 6) is -1.39. The van der Waals surface area contributed by atoms with Crippen LogP contribution in [0, 0.1) is 5.92 Å². The molecule has 3 atom stereocenters. The highest BCUT2D eigenvalue weighted by molar-refractivity contribution is 5.71. The van der Waals surface area contributed by atoms with E-state index >= 15 is 0 Å². The minimum absolute atomic E-state index is 0.170. The Kier molecular flexibility index (Phi) is 4.44. The molecule has 1 aliphatic carbocycles. The number of aliphatic hydroxyl groups is 1. The van der Waals surface area contributed by atoms with E-state index in [0.717, 1.165) is 11.3 Å². The molecule has 0 unspecified atom stereocenters. The van der Waals surface area contributed by atoms with Gasteiger partial charge in [0.1, 0.15) is 0 Å². The van der Waals surface area contributed by atoms with Gasteiger partial charge in [0.25, 0.3) is 0 Å². The Morgan fingerprint density at radius 3 is 2.57 bits per heavy atom. The predicted molar refractivity (Wildman–Crippen MR) is 87.1 cm³/mol. The van der Waals surface area contributed by atoms with Crippen molar-refractivity contribution >= 4 is 5.97 Å². The number of hydrogen-bond acceptors (Lipinski definition) is 3. The van der Waals surface area contributed by atoms with Crippen LogP contribution < -0.4 is 0 Å². The Bertz CT molecular complexity index is 659. The van der Waals surface area contributed by atoms with Gasteiger partial charge in [-0.3, -0.25) is 9.78 Å². The minimum Gasteiger partial charge on any atom is -0.481 e. The number of aromatic nitrogens is 1. The first-order valence-electron chi connectivity index (χ1n) is 7.97. The third-order valence-corrected chi connectivity index (χ3v) is 4.79. The molecule has 1 heterocycles. The smallest absolute Gasteiger partial charge is 0.307 e. The average Bonchev–Trinajstić information content (AvgIpc) is 2.56. The van der Waals surface area contributed by atoms with Crippen LogP contribution in [0.4, 0.5) is 0 Å². The fourth-order valence-corrected chi connectivity index (χ4v) is 3.63. The number of carboxylic acid groups (broad SMARTS) is 1. The zero-order chi connectivity index (χ0) is 16.3. The van der Waals surface area contributed by atoms with Gasteiger partial charge in [0.2, 0.25) is 0 Å². The third kappa shape index (κ3) is 3.59. The normalized spacial score (nSPS) is 27.5. The van der Waals surface area contributed by atoms with Gasteiger partial charge in [-0.2, -0.15) is 0 Å². The van der Waals surface area contributed by atoms with Crippen LogP contribution >= 0.6 is 0 Å². The lowest BCUT2D eigenvalue weighted by atomic mass is 9.67. The number of nitrogens with zero attached hydrogens (tertiary/aromatic N) is 1. The second-order valence-electron chi connectivity index (χ2n) is 6.43. The maximum absolute atomic E-state index is 11.6. The summed E-state index contributed by atoms with van der Waals surface area (Å²) in [6.07, 6.45) is 3.60. The number of hydrogen-bond donors (Lipinski definition) is 2. The summed E-state index contributed by atoms with van der Waals surface area (Å²) in [6.45, 7) is 0. The molecule has 3 rings (SSSR count). The van der Waals surface area contributed by atoms with E-state index in [9.17, 15) is 15.0 Å². The standard InChI is InChI=1S/C19H21NO3/c21-18(22)16-9-10-19(23,12-15-8-4-5-11-20-15)13-17(16)14-6-2-1-3-7-14/h1-8,11,16-17,23H,9-10,12-13H2,(H,21,22)/t16-,17+,19-/m1/s1. The van der Waals surface area contributed by atoms with Gasteiger partial charge in [-0.05, 0) is 42.9 Å². The molecule has 1 saturated carbocycles. The summed E-state index contributed by atoms with van der Waals surface area (Å²) in [4.78, 5) is 15.9. The van der Waals surface area contributed by atoms with Crippen molar-refractivity contribution in [3.05, 3.63) is 66.0 Å². The molecule has 0 saturated heterocycles. The van der Waals surface area contributed by atoms with E-state index in [1.54, 1.807) is 6.20 Å². The average molecular weight is 311 g/mol. The molecular weight excluding hydrogens is 290 g/mol. The number of benzene rings is 1. The van der Waals surface area contributed by atoms with Crippen LogP contribution in [0.5, 0.6) is 0 Å². The van der Waals surface area contributed by atoms with E-state index in [1.165, 1.54) is 0 Å². The lowest BCUT2D eigenvalue weighted by molar-refractivity contribution is -0.146. The fraction of sp³-hybridized carbons (Fsp3) is 0.368. The van der Waals surface area contributed by atoms with E-state index in [2.05, 4.69) is 4.98 Å². The molecule has 0 aliphatic heterocycles. The Hall–Kier alpha value is -2.20. The Balaban J connectivity index is 1.84. The van der Waals surface area contributed by atoms with Crippen LogP contribution in [-0.2, 0) is 11.2 Å². The van der Waals surface area contributed by atoms with E-state index in [-0.39, 0.29) is 5.92 Å².